The molecule has 1 heterocycles. The summed E-state index contributed by atoms with van der Waals surface area (Å²) in [6.45, 7) is 1.40. The molecule has 0 saturated heterocycles. The number of carbonyl (C=O) groups excluding carboxylic acids is 2. The molecule has 3 rings (SSSR count). The molecule has 10 heteroatoms. The standard InChI is InChI=1S/C20H18ClN3O4S2/c1-13-8-9-14(23-19(25)12-22-20(26)17-7-4-10-29-17)11-18(13)30(27,28)24-16-6-3-2-5-15(16)21/h2-11,24H,12H2,1H3,(H,22,26)(H,23,25). The summed E-state index contributed by atoms with van der Waals surface area (Å²) in [5, 5.41) is 7.14. The van der Waals surface area contributed by atoms with E-state index in [4.69, 9.17) is 11.6 Å². The summed E-state index contributed by atoms with van der Waals surface area (Å²) < 4.78 is 28.1. The van der Waals surface area contributed by atoms with Gasteiger partial charge in [-0.3, -0.25) is 14.3 Å². The van der Waals surface area contributed by atoms with Gasteiger partial charge in [0, 0.05) is 5.69 Å². The Balaban J connectivity index is 1.70. The van der Waals surface area contributed by atoms with Crippen molar-refractivity contribution in [2.24, 2.45) is 0 Å². The van der Waals surface area contributed by atoms with E-state index in [0.717, 1.165) is 0 Å². The molecule has 2 amide bonds. The average molecular weight is 464 g/mol. The van der Waals surface area contributed by atoms with Crippen molar-refractivity contribution in [3.63, 3.8) is 0 Å². The lowest BCUT2D eigenvalue weighted by Crippen LogP contribution is -2.32. The van der Waals surface area contributed by atoms with Gasteiger partial charge >= 0.3 is 0 Å². The third kappa shape index (κ3) is 5.38. The van der Waals surface area contributed by atoms with Crippen molar-refractivity contribution in [3.8, 4) is 0 Å². The molecule has 0 atom stereocenters. The third-order valence-corrected chi connectivity index (χ3v) is 6.74. The van der Waals surface area contributed by atoms with Crippen molar-refractivity contribution in [3.05, 3.63) is 75.4 Å². The Morgan fingerprint density at radius 3 is 2.53 bits per heavy atom. The number of carbonyl (C=O) groups is 2. The Morgan fingerprint density at radius 2 is 1.83 bits per heavy atom. The largest absolute Gasteiger partial charge is 0.342 e. The van der Waals surface area contributed by atoms with E-state index in [0.29, 0.717) is 10.4 Å². The average Bonchev–Trinajstić information content (AvgIpc) is 3.24. The van der Waals surface area contributed by atoms with E-state index >= 15 is 0 Å². The van der Waals surface area contributed by atoms with Crippen LogP contribution >= 0.6 is 22.9 Å². The molecule has 3 aromatic rings. The first-order chi connectivity index (χ1) is 14.3. The summed E-state index contributed by atoms with van der Waals surface area (Å²) in [5.41, 5.74) is 1.04. The van der Waals surface area contributed by atoms with Crippen molar-refractivity contribution in [2.75, 3.05) is 16.6 Å². The quantitative estimate of drug-likeness (QED) is 0.494. The maximum Gasteiger partial charge on any atom is 0.262 e. The highest BCUT2D eigenvalue weighted by atomic mass is 35.5. The van der Waals surface area contributed by atoms with Gasteiger partial charge in [-0.2, -0.15) is 0 Å². The van der Waals surface area contributed by atoms with Gasteiger partial charge in [-0.1, -0.05) is 35.9 Å². The second-order valence-corrected chi connectivity index (χ2v) is 9.28. The molecule has 0 aliphatic heterocycles. The van der Waals surface area contributed by atoms with Gasteiger partial charge in [0.25, 0.3) is 15.9 Å². The number of rotatable bonds is 7. The molecule has 2 aromatic carbocycles. The third-order valence-electron chi connectivity index (χ3n) is 4.03. The van der Waals surface area contributed by atoms with Crippen LogP contribution in [0.3, 0.4) is 0 Å². The summed E-state index contributed by atoms with van der Waals surface area (Å²) in [5.74, 6) is -0.831. The lowest BCUT2D eigenvalue weighted by atomic mass is 10.2. The fraction of sp³-hybridized carbons (Fsp3) is 0.100. The molecule has 0 aliphatic rings. The normalized spacial score (nSPS) is 11.0. The van der Waals surface area contributed by atoms with Crippen LogP contribution in [0, 0.1) is 6.92 Å². The van der Waals surface area contributed by atoms with Crippen LogP contribution in [0.25, 0.3) is 0 Å². The molecular formula is C20H18ClN3O4S2. The number of halogens is 1. The minimum absolute atomic E-state index is 0.00263. The van der Waals surface area contributed by atoms with Crippen molar-refractivity contribution >= 4 is 56.2 Å². The summed E-state index contributed by atoms with van der Waals surface area (Å²) in [7, 11) is -3.93. The van der Waals surface area contributed by atoms with E-state index in [9.17, 15) is 18.0 Å². The number of sulfonamides is 1. The van der Waals surface area contributed by atoms with Crippen molar-refractivity contribution in [2.45, 2.75) is 11.8 Å². The Labute approximate surface area is 183 Å². The van der Waals surface area contributed by atoms with Gasteiger partial charge in [-0.05, 0) is 48.2 Å². The fourth-order valence-electron chi connectivity index (χ4n) is 2.57. The highest BCUT2D eigenvalue weighted by Crippen LogP contribution is 2.26. The van der Waals surface area contributed by atoms with Crippen LogP contribution in [0.15, 0.2) is 64.9 Å². The molecule has 0 radical (unpaired) electrons. The van der Waals surface area contributed by atoms with E-state index in [-0.39, 0.29) is 33.7 Å². The number of aryl methyl sites for hydroxylation is 1. The van der Waals surface area contributed by atoms with Crippen molar-refractivity contribution in [1.82, 2.24) is 5.32 Å². The predicted molar refractivity (Wildman–Crippen MR) is 119 cm³/mol. The molecule has 156 valence electrons. The molecule has 0 bridgehead atoms. The van der Waals surface area contributed by atoms with Crippen LogP contribution in [-0.4, -0.2) is 26.8 Å². The van der Waals surface area contributed by atoms with E-state index in [1.54, 1.807) is 60.8 Å². The molecule has 0 fully saturated rings. The second-order valence-electron chi connectivity index (χ2n) is 6.27. The first-order valence-corrected chi connectivity index (χ1v) is 11.5. The Morgan fingerprint density at radius 1 is 1.07 bits per heavy atom. The van der Waals surface area contributed by atoms with Crippen LogP contribution in [0.1, 0.15) is 15.2 Å². The van der Waals surface area contributed by atoms with Crippen molar-refractivity contribution in [1.29, 1.82) is 0 Å². The van der Waals surface area contributed by atoms with Gasteiger partial charge in [-0.15, -0.1) is 11.3 Å². The summed E-state index contributed by atoms with van der Waals surface area (Å²) in [6, 6.07) is 14.4. The zero-order valence-electron chi connectivity index (χ0n) is 15.8. The number of amides is 2. The van der Waals surface area contributed by atoms with Crippen LogP contribution < -0.4 is 15.4 Å². The van der Waals surface area contributed by atoms with E-state index in [2.05, 4.69) is 15.4 Å². The van der Waals surface area contributed by atoms with E-state index in [1.807, 2.05) is 0 Å². The minimum atomic E-state index is -3.93. The topological polar surface area (TPSA) is 104 Å². The molecule has 30 heavy (non-hydrogen) atoms. The summed E-state index contributed by atoms with van der Waals surface area (Å²) >= 11 is 7.31. The second kappa shape index (κ2) is 9.29. The number of hydrogen-bond donors (Lipinski definition) is 3. The lowest BCUT2D eigenvalue weighted by Gasteiger charge is -2.13. The Kier molecular flexibility index (Phi) is 6.76. The molecular weight excluding hydrogens is 446 g/mol. The lowest BCUT2D eigenvalue weighted by molar-refractivity contribution is -0.115. The molecule has 0 aliphatic carbocycles. The highest BCUT2D eigenvalue weighted by Gasteiger charge is 2.19. The highest BCUT2D eigenvalue weighted by molar-refractivity contribution is 7.92. The fourth-order valence-corrected chi connectivity index (χ4v) is 4.80. The SMILES string of the molecule is Cc1ccc(NC(=O)CNC(=O)c2cccs2)cc1S(=O)(=O)Nc1ccccc1Cl. The molecule has 7 nitrogen and oxygen atoms in total. The summed E-state index contributed by atoms with van der Waals surface area (Å²) in [4.78, 5) is 24.6. The first-order valence-electron chi connectivity index (χ1n) is 8.76. The maximum atomic E-state index is 12.8. The van der Waals surface area contributed by atoms with E-state index < -0.39 is 15.9 Å². The van der Waals surface area contributed by atoms with Crippen LogP contribution in [0.5, 0.6) is 0 Å². The van der Waals surface area contributed by atoms with E-state index in [1.165, 1.54) is 17.4 Å². The minimum Gasteiger partial charge on any atom is -0.342 e. The molecule has 0 saturated carbocycles. The van der Waals surface area contributed by atoms with Gasteiger partial charge in [-0.25, -0.2) is 8.42 Å². The van der Waals surface area contributed by atoms with Crippen LogP contribution in [0.2, 0.25) is 5.02 Å². The van der Waals surface area contributed by atoms with Crippen LogP contribution in [0.4, 0.5) is 11.4 Å². The van der Waals surface area contributed by atoms with Gasteiger partial charge in [0.1, 0.15) is 0 Å². The zero-order chi connectivity index (χ0) is 21.7. The maximum absolute atomic E-state index is 12.8. The molecule has 0 unspecified atom stereocenters. The molecule has 0 spiro atoms. The molecule has 1 aromatic heterocycles. The number of thiophene rings is 1. The van der Waals surface area contributed by atoms with Gasteiger partial charge in [0.05, 0.1) is 27.0 Å². The number of anilines is 2. The zero-order valence-corrected chi connectivity index (χ0v) is 18.2. The van der Waals surface area contributed by atoms with Crippen LogP contribution in [-0.2, 0) is 14.8 Å². The Bertz CT molecular complexity index is 1180. The number of nitrogens with one attached hydrogen (secondary N) is 3. The summed E-state index contributed by atoms with van der Waals surface area (Å²) in [6.07, 6.45) is 0. The van der Waals surface area contributed by atoms with Gasteiger partial charge in [0.2, 0.25) is 5.91 Å². The number of hydrogen-bond acceptors (Lipinski definition) is 5. The van der Waals surface area contributed by atoms with Gasteiger partial charge < -0.3 is 10.6 Å². The first kappa shape index (κ1) is 21.8. The van der Waals surface area contributed by atoms with Crippen molar-refractivity contribution < 1.29 is 18.0 Å². The Hall–Kier alpha value is -2.88. The molecule has 3 N–H and O–H groups in total. The smallest absolute Gasteiger partial charge is 0.262 e. The van der Waals surface area contributed by atoms with Gasteiger partial charge in [0.15, 0.2) is 0 Å². The monoisotopic (exact) mass is 463 g/mol. The number of para-hydroxylation sites is 1. The number of benzene rings is 2. The predicted octanol–water partition coefficient (Wildman–Crippen LogP) is 3.88.